The molecular weight excluding hydrogens is 468 g/mol. The van der Waals surface area contributed by atoms with E-state index in [1.165, 1.54) is 4.90 Å². The van der Waals surface area contributed by atoms with Gasteiger partial charge in [0.2, 0.25) is 0 Å². The number of carbonyl (C=O) groups is 2. The van der Waals surface area contributed by atoms with Crippen LogP contribution in [0.1, 0.15) is 28.2 Å². The number of benzene rings is 2. The summed E-state index contributed by atoms with van der Waals surface area (Å²) in [4.78, 5) is 27.5. The maximum atomic E-state index is 13.2. The largest absolute Gasteiger partial charge is 0.497 e. The van der Waals surface area contributed by atoms with Gasteiger partial charge in [0.05, 0.1) is 30.2 Å². The summed E-state index contributed by atoms with van der Waals surface area (Å²) in [6, 6.07) is 17.6. The van der Waals surface area contributed by atoms with Crippen molar-refractivity contribution in [2.45, 2.75) is 26.3 Å². The van der Waals surface area contributed by atoms with Gasteiger partial charge in [0.1, 0.15) is 5.75 Å². The highest BCUT2D eigenvalue weighted by atomic mass is 32.2. The van der Waals surface area contributed by atoms with Gasteiger partial charge < -0.3 is 18.9 Å². The quantitative estimate of drug-likeness (QED) is 0.465. The summed E-state index contributed by atoms with van der Waals surface area (Å²) < 4.78 is 36.6. The Balaban J connectivity index is 1.51. The van der Waals surface area contributed by atoms with Crippen molar-refractivity contribution in [1.29, 1.82) is 0 Å². The Morgan fingerprint density at radius 2 is 1.74 bits per heavy atom. The number of aromatic nitrogens is 1. The Labute approximate surface area is 205 Å². The third-order valence-corrected chi connectivity index (χ3v) is 7.94. The number of esters is 1. The minimum Gasteiger partial charge on any atom is -0.497 e. The standard InChI is InChI=1S/C26H28N2O6S/c1-18-15-24(19(2)27(18)21-9-11-23(33-3)12-10-21)26(30)34-16-25(29)28(20-7-5-4-6-8-20)22-13-14-35(31,32)17-22/h4-12,15,22H,13-14,16-17H2,1-3H3/t22-/m1/s1. The van der Waals surface area contributed by atoms with Crippen LogP contribution in [0.4, 0.5) is 5.69 Å². The molecule has 0 bridgehead atoms. The molecule has 1 amide bonds. The van der Waals surface area contributed by atoms with Gasteiger partial charge in [-0.05, 0) is 62.7 Å². The second-order valence-corrected chi connectivity index (χ2v) is 10.8. The Morgan fingerprint density at radius 1 is 1.06 bits per heavy atom. The molecule has 0 saturated carbocycles. The van der Waals surface area contributed by atoms with Crippen LogP contribution in [-0.2, 0) is 19.4 Å². The molecule has 0 spiro atoms. The number of ether oxygens (including phenoxy) is 2. The average molecular weight is 497 g/mol. The lowest BCUT2D eigenvalue weighted by atomic mass is 10.2. The first kappa shape index (κ1) is 24.5. The molecule has 1 saturated heterocycles. The molecule has 1 aliphatic heterocycles. The topological polar surface area (TPSA) is 94.9 Å². The van der Waals surface area contributed by atoms with Crippen molar-refractivity contribution < 1.29 is 27.5 Å². The molecule has 9 heteroatoms. The fourth-order valence-corrected chi connectivity index (χ4v) is 6.20. The van der Waals surface area contributed by atoms with E-state index in [0.717, 1.165) is 17.1 Å². The lowest BCUT2D eigenvalue weighted by Gasteiger charge is -2.28. The summed E-state index contributed by atoms with van der Waals surface area (Å²) in [5.41, 5.74) is 3.34. The number of rotatable bonds is 7. The van der Waals surface area contributed by atoms with E-state index in [-0.39, 0.29) is 11.5 Å². The summed E-state index contributed by atoms with van der Waals surface area (Å²) in [6.07, 6.45) is 0.347. The van der Waals surface area contributed by atoms with Gasteiger partial charge in [-0.1, -0.05) is 18.2 Å². The van der Waals surface area contributed by atoms with Crippen LogP contribution in [-0.4, -0.2) is 56.1 Å². The van der Waals surface area contributed by atoms with Crippen molar-refractivity contribution in [2.24, 2.45) is 0 Å². The van der Waals surface area contributed by atoms with Crippen molar-refractivity contribution in [2.75, 3.05) is 30.1 Å². The number of carbonyl (C=O) groups excluding carboxylic acids is 2. The van der Waals surface area contributed by atoms with Crippen LogP contribution in [0.3, 0.4) is 0 Å². The third-order valence-electron chi connectivity index (χ3n) is 6.19. The molecule has 35 heavy (non-hydrogen) atoms. The van der Waals surface area contributed by atoms with E-state index in [1.54, 1.807) is 37.4 Å². The minimum absolute atomic E-state index is 0.0332. The third kappa shape index (κ3) is 5.24. The monoisotopic (exact) mass is 496 g/mol. The molecule has 1 aromatic heterocycles. The number of hydrogen-bond acceptors (Lipinski definition) is 6. The SMILES string of the molecule is COc1ccc(-n2c(C)cc(C(=O)OCC(=O)N(c3ccccc3)[C@@H]3CCS(=O)(=O)C3)c2C)cc1. The maximum Gasteiger partial charge on any atom is 0.340 e. The average Bonchev–Trinajstić information content (AvgIpc) is 3.35. The van der Waals surface area contributed by atoms with Gasteiger partial charge in [0, 0.05) is 22.8 Å². The smallest absolute Gasteiger partial charge is 0.340 e. The van der Waals surface area contributed by atoms with E-state index < -0.39 is 34.4 Å². The van der Waals surface area contributed by atoms with E-state index in [9.17, 15) is 18.0 Å². The van der Waals surface area contributed by atoms with Crippen LogP contribution in [0.25, 0.3) is 5.69 Å². The second-order valence-electron chi connectivity index (χ2n) is 8.55. The number of para-hydroxylation sites is 1. The van der Waals surface area contributed by atoms with Crippen LogP contribution < -0.4 is 9.64 Å². The zero-order chi connectivity index (χ0) is 25.2. The van der Waals surface area contributed by atoms with Gasteiger partial charge in [-0.15, -0.1) is 0 Å². The Hall–Kier alpha value is -3.59. The molecule has 1 fully saturated rings. The first-order chi connectivity index (χ1) is 16.7. The van der Waals surface area contributed by atoms with Crippen molar-refractivity contribution in [3.8, 4) is 11.4 Å². The molecule has 4 rings (SSSR count). The number of methoxy groups -OCH3 is 1. The zero-order valence-corrected chi connectivity index (χ0v) is 20.7. The van der Waals surface area contributed by atoms with Gasteiger partial charge in [0.25, 0.3) is 5.91 Å². The summed E-state index contributed by atoms with van der Waals surface area (Å²) in [5, 5.41) is 0. The molecule has 2 aromatic carbocycles. The number of sulfone groups is 1. The molecule has 0 N–H and O–H groups in total. The molecule has 2 heterocycles. The Kier molecular flexibility index (Phi) is 6.98. The van der Waals surface area contributed by atoms with Crippen LogP contribution >= 0.6 is 0 Å². The first-order valence-corrected chi connectivity index (χ1v) is 13.1. The van der Waals surface area contributed by atoms with Crippen molar-refractivity contribution >= 4 is 27.4 Å². The van der Waals surface area contributed by atoms with Gasteiger partial charge in [-0.2, -0.15) is 0 Å². The van der Waals surface area contributed by atoms with Crippen molar-refractivity contribution in [1.82, 2.24) is 4.57 Å². The molecule has 1 atom stereocenters. The first-order valence-electron chi connectivity index (χ1n) is 11.3. The van der Waals surface area contributed by atoms with E-state index in [2.05, 4.69) is 0 Å². The number of anilines is 1. The highest BCUT2D eigenvalue weighted by Crippen LogP contribution is 2.26. The number of amides is 1. The molecular formula is C26H28N2O6S. The van der Waals surface area contributed by atoms with E-state index in [1.807, 2.05) is 48.7 Å². The van der Waals surface area contributed by atoms with Crippen LogP contribution in [0, 0.1) is 13.8 Å². The van der Waals surface area contributed by atoms with Gasteiger partial charge in [-0.3, -0.25) is 4.79 Å². The molecule has 8 nitrogen and oxygen atoms in total. The molecule has 1 aliphatic rings. The van der Waals surface area contributed by atoms with Gasteiger partial charge in [-0.25, -0.2) is 13.2 Å². The maximum absolute atomic E-state index is 13.2. The zero-order valence-electron chi connectivity index (χ0n) is 19.9. The van der Waals surface area contributed by atoms with Crippen molar-refractivity contribution in [3.63, 3.8) is 0 Å². The summed E-state index contributed by atoms with van der Waals surface area (Å²) in [7, 11) is -1.61. The van der Waals surface area contributed by atoms with Gasteiger partial charge >= 0.3 is 5.97 Å². The highest BCUT2D eigenvalue weighted by molar-refractivity contribution is 7.91. The Morgan fingerprint density at radius 3 is 2.34 bits per heavy atom. The second kappa shape index (κ2) is 9.95. The van der Waals surface area contributed by atoms with Crippen LogP contribution in [0.5, 0.6) is 5.75 Å². The normalized spacial score (nSPS) is 16.6. The molecule has 0 aliphatic carbocycles. The summed E-state index contributed by atoms with van der Waals surface area (Å²) >= 11 is 0. The molecule has 3 aromatic rings. The molecule has 0 radical (unpaired) electrons. The lowest BCUT2D eigenvalue weighted by molar-refractivity contribution is -0.122. The number of aryl methyl sites for hydroxylation is 1. The Bertz CT molecular complexity index is 1330. The number of hydrogen-bond donors (Lipinski definition) is 0. The predicted molar refractivity (Wildman–Crippen MR) is 133 cm³/mol. The summed E-state index contributed by atoms with van der Waals surface area (Å²) in [6.45, 7) is 3.21. The molecule has 184 valence electrons. The molecule has 0 unspecified atom stereocenters. The van der Waals surface area contributed by atoms with Gasteiger partial charge in [0.15, 0.2) is 16.4 Å². The van der Waals surface area contributed by atoms with Crippen molar-refractivity contribution in [3.05, 3.63) is 77.6 Å². The van der Waals surface area contributed by atoms with Crippen LogP contribution in [0.2, 0.25) is 0 Å². The lowest BCUT2D eigenvalue weighted by Crippen LogP contribution is -2.43. The minimum atomic E-state index is -3.21. The fraction of sp³-hybridized carbons (Fsp3) is 0.308. The number of nitrogens with zero attached hydrogens (tertiary/aromatic N) is 2. The highest BCUT2D eigenvalue weighted by Gasteiger charge is 2.36. The van der Waals surface area contributed by atoms with E-state index in [0.29, 0.717) is 23.4 Å². The predicted octanol–water partition coefficient (Wildman–Crippen LogP) is 3.48. The van der Waals surface area contributed by atoms with E-state index >= 15 is 0 Å². The van der Waals surface area contributed by atoms with Crippen LogP contribution in [0.15, 0.2) is 60.7 Å². The fourth-order valence-electron chi connectivity index (χ4n) is 4.50. The van der Waals surface area contributed by atoms with E-state index in [4.69, 9.17) is 9.47 Å². The summed E-state index contributed by atoms with van der Waals surface area (Å²) in [5.74, 6) is -0.419.